The highest BCUT2D eigenvalue weighted by Gasteiger charge is 2.27. The fourth-order valence-electron chi connectivity index (χ4n) is 3.58. The Labute approximate surface area is 178 Å². The number of methoxy groups -OCH3 is 1. The second-order valence-electron chi connectivity index (χ2n) is 7.85. The smallest absolute Gasteiger partial charge is 0.267 e. The maximum Gasteiger partial charge on any atom is 0.267 e. The largest absolute Gasteiger partial charge is 0.505 e. The number of benzene rings is 1. The lowest BCUT2D eigenvalue weighted by molar-refractivity contribution is 0.0932. The molecule has 0 unspecified atom stereocenters. The predicted octanol–water partition coefficient (Wildman–Crippen LogP) is 2.62. The van der Waals surface area contributed by atoms with Crippen molar-refractivity contribution < 1.29 is 19.0 Å². The first-order chi connectivity index (χ1) is 15.0. The highest BCUT2D eigenvalue weighted by atomic mass is 19.1. The molecule has 2 N–H and O–H groups in total. The number of fused-ring (bicyclic) bond motifs is 1. The topological polar surface area (TPSA) is 93.4 Å². The third kappa shape index (κ3) is 4.59. The SMILES string of the molecule is COCCNC(=O)c1c(O)c2ncc(Cc3ccc(F)cc3)cc2n(CC2CC2)c1=O. The summed E-state index contributed by atoms with van der Waals surface area (Å²) in [6, 6.07) is 7.99. The van der Waals surface area contributed by atoms with Crippen LogP contribution in [0, 0.1) is 11.7 Å². The Balaban J connectivity index is 1.77. The minimum Gasteiger partial charge on any atom is -0.505 e. The van der Waals surface area contributed by atoms with Crippen LogP contribution in [0.15, 0.2) is 41.3 Å². The highest BCUT2D eigenvalue weighted by Crippen LogP contribution is 2.33. The quantitative estimate of drug-likeness (QED) is 0.541. The molecule has 1 fully saturated rings. The van der Waals surface area contributed by atoms with E-state index in [2.05, 4.69) is 10.3 Å². The summed E-state index contributed by atoms with van der Waals surface area (Å²) in [5.74, 6) is -1.01. The molecule has 1 aliphatic carbocycles. The van der Waals surface area contributed by atoms with E-state index in [1.165, 1.54) is 19.2 Å². The molecule has 1 aliphatic rings. The van der Waals surface area contributed by atoms with Gasteiger partial charge < -0.3 is 19.7 Å². The molecular weight excluding hydrogens is 401 g/mol. The second kappa shape index (κ2) is 8.85. The standard InChI is InChI=1S/C23H24FN3O4/c1-31-9-8-25-22(29)19-21(28)20-18(27(23(19)30)13-15-2-3-15)11-16(12-26-20)10-14-4-6-17(24)7-5-14/h4-7,11-12,15,28H,2-3,8-10,13H2,1H3,(H,25,29). The van der Waals surface area contributed by atoms with Crippen molar-refractivity contribution in [2.45, 2.75) is 25.8 Å². The van der Waals surface area contributed by atoms with Crippen LogP contribution in [0.25, 0.3) is 11.0 Å². The molecule has 0 atom stereocenters. The normalized spacial score (nSPS) is 13.5. The van der Waals surface area contributed by atoms with Crippen molar-refractivity contribution in [2.24, 2.45) is 5.92 Å². The number of nitrogens with zero attached hydrogens (tertiary/aromatic N) is 2. The molecule has 0 bridgehead atoms. The van der Waals surface area contributed by atoms with Crippen molar-refractivity contribution in [1.82, 2.24) is 14.9 Å². The fraction of sp³-hybridized carbons (Fsp3) is 0.348. The Morgan fingerprint density at radius 2 is 2.03 bits per heavy atom. The fourth-order valence-corrected chi connectivity index (χ4v) is 3.58. The summed E-state index contributed by atoms with van der Waals surface area (Å²) in [6.07, 6.45) is 4.14. The second-order valence-corrected chi connectivity index (χ2v) is 7.85. The minimum absolute atomic E-state index is 0.208. The third-order valence-corrected chi connectivity index (χ3v) is 5.41. The van der Waals surface area contributed by atoms with Gasteiger partial charge in [0.25, 0.3) is 11.5 Å². The lowest BCUT2D eigenvalue weighted by Gasteiger charge is -2.15. The van der Waals surface area contributed by atoms with Gasteiger partial charge in [0.2, 0.25) is 0 Å². The van der Waals surface area contributed by atoms with Crippen molar-refractivity contribution in [3.8, 4) is 5.75 Å². The van der Waals surface area contributed by atoms with E-state index in [9.17, 15) is 19.1 Å². The number of aromatic hydroxyl groups is 1. The van der Waals surface area contributed by atoms with E-state index >= 15 is 0 Å². The molecule has 0 aliphatic heterocycles. The number of hydrogen-bond acceptors (Lipinski definition) is 5. The van der Waals surface area contributed by atoms with Crippen LogP contribution < -0.4 is 10.9 Å². The van der Waals surface area contributed by atoms with Crippen molar-refractivity contribution in [2.75, 3.05) is 20.3 Å². The average molecular weight is 425 g/mol. The third-order valence-electron chi connectivity index (χ3n) is 5.41. The number of nitrogens with one attached hydrogen (secondary N) is 1. The zero-order valence-electron chi connectivity index (χ0n) is 17.2. The number of halogens is 1. The summed E-state index contributed by atoms with van der Waals surface area (Å²) in [5, 5.41) is 13.3. The summed E-state index contributed by atoms with van der Waals surface area (Å²) < 4.78 is 19.6. The molecule has 3 aromatic rings. The van der Waals surface area contributed by atoms with E-state index < -0.39 is 17.2 Å². The maximum absolute atomic E-state index is 13.2. The number of hydrogen-bond donors (Lipinski definition) is 2. The summed E-state index contributed by atoms with van der Waals surface area (Å²) in [7, 11) is 1.51. The minimum atomic E-state index is -0.650. The molecule has 8 heteroatoms. The summed E-state index contributed by atoms with van der Waals surface area (Å²) in [5.41, 5.74) is 1.58. The number of pyridine rings is 2. The molecule has 2 aromatic heterocycles. The van der Waals surface area contributed by atoms with Gasteiger partial charge in [-0.3, -0.25) is 14.6 Å². The maximum atomic E-state index is 13.2. The molecular formula is C23H24FN3O4. The number of carbonyl (C=O) groups is 1. The lowest BCUT2D eigenvalue weighted by atomic mass is 10.1. The summed E-state index contributed by atoms with van der Waals surface area (Å²) in [4.78, 5) is 30.2. The van der Waals surface area contributed by atoms with E-state index in [1.807, 2.05) is 6.07 Å². The van der Waals surface area contributed by atoms with Crippen LogP contribution in [0.4, 0.5) is 4.39 Å². The number of rotatable bonds is 8. The van der Waals surface area contributed by atoms with Gasteiger partial charge >= 0.3 is 0 Å². The molecule has 1 saturated carbocycles. The van der Waals surface area contributed by atoms with Crippen LogP contribution in [0.3, 0.4) is 0 Å². The van der Waals surface area contributed by atoms with Gasteiger partial charge in [-0.05, 0) is 54.5 Å². The van der Waals surface area contributed by atoms with Crippen LogP contribution in [-0.2, 0) is 17.7 Å². The lowest BCUT2D eigenvalue weighted by Crippen LogP contribution is -2.35. The molecule has 0 spiro atoms. The van der Waals surface area contributed by atoms with Crippen molar-refractivity contribution in [1.29, 1.82) is 0 Å². The molecule has 162 valence electrons. The van der Waals surface area contributed by atoms with Crippen LogP contribution in [-0.4, -0.2) is 40.8 Å². The van der Waals surface area contributed by atoms with E-state index in [0.29, 0.717) is 31.0 Å². The number of carbonyl (C=O) groups excluding carboxylic acids is 1. The molecule has 1 amide bonds. The number of ether oxygens (including phenoxy) is 1. The average Bonchev–Trinajstić information content (AvgIpc) is 3.57. The van der Waals surface area contributed by atoms with Gasteiger partial charge in [0, 0.05) is 26.4 Å². The molecule has 7 nitrogen and oxygen atoms in total. The zero-order chi connectivity index (χ0) is 22.0. The van der Waals surface area contributed by atoms with Gasteiger partial charge in [-0.1, -0.05) is 12.1 Å². The molecule has 31 heavy (non-hydrogen) atoms. The van der Waals surface area contributed by atoms with E-state index in [4.69, 9.17) is 4.74 Å². The van der Waals surface area contributed by atoms with Gasteiger partial charge in [0.05, 0.1) is 12.1 Å². The van der Waals surface area contributed by atoms with Crippen molar-refractivity contribution >= 4 is 16.9 Å². The Kier molecular flexibility index (Phi) is 5.99. The molecule has 0 radical (unpaired) electrons. The molecule has 2 heterocycles. The molecule has 4 rings (SSSR count). The van der Waals surface area contributed by atoms with E-state index in [1.54, 1.807) is 22.9 Å². The van der Waals surface area contributed by atoms with Gasteiger partial charge in [-0.25, -0.2) is 4.39 Å². The highest BCUT2D eigenvalue weighted by molar-refractivity contribution is 6.01. The van der Waals surface area contributed by atoms with Crippen LogP contribution >= 0.6 is 0 Å². The predicted molar refractivity (Wildman–Crippen MR) is 114 cm³/mol. The Morgan fingerprint density at radius 3 is 2.71 bits per heavy atom. The summed E-state index contributed by atoms with van der Waals surface area (Å²) in [6.45, 7) is 0.982. The molecule has 1 aromatic carbocycles. The first-order valence-corrected chi connectivity index (χ1v) is 10.2. The Morgan fingerprint density at radius 1 is 1.29 bits per heavy atom. The Hall–Kier alpha value is -3.26. The van der Waals surface area contributed by atoms with Gasteiger partial charge in [-0.2, -0.15) is 0 Å². The first kappa shape index (κ1) is 21.0. The Bertz CT molecular complexity index is 1170. The van der Waals surface area contributed by atoms with Gasteiger partial charge in [0.15, 0.2) is 5.75 Å². The molecule has 0 saturated heterocycles. The van der Waals surface area contributed by atoms with Crippen molar-refractivity contribution in [3.05, 3.63) is 69.4 Å². The number of amides is 1. The van der Waals surface area contributed by atoms with Crippen LogP contribution in [0.1, 0.15) is 34.3 Å². The van der Waals surface area contributed by atoms with Gasteiger partial charge in [0.1, 0.15) is 16.9 Å². The monoisotopic (exact) mass is 425 g/mol. The van der Waals surface area contributed by atoms with Crippen LogP contribution in [0.5, 0.6) is 5.75 Å². The first-order valence-electron chi connectivity index (χ1n) is 10.2. The van der Waals surface area contributed by atoms with Gasteiger partial charge in [-0.15, -0.1) is 0 Å². The van der Waals surface area contributed by atoms with Crippen LogP contribution in [0.2, 0.25) is 0 Å². The zero-order valence-corrected chi connectivity index (χ0v) is 17.2. The van der Waals surface area contributed by atoms with E-state index in [-0.39, 0.29) is 23.4 Å². The van der Waals surface area contributed by atoms with Crippen molar-refractivity contribution in [3.63, 3.8) is 0 Å². The number of aromatic nitrogens is 2. The summed E-state index contributed by atoms with van der Waals surface area (Å²) >= 11 is 0. The van der Waals surface area contributed by atoms with E-state index in [0.717, 1.165) is 24.0 Å².